The molecule has 0 atom stereocenters. The van der Waals surface area contributed by atoms with E-state index < -0.39 is 5.97 Å². The molecule has 0 aliphatic carbocycles. The third-order valence-corrected chi connectivity index (χ3v) is 2.24. The summed E-state index contributed by atoms with van der Waals surface area (Å²) in [5.41, 5.74) is 1.01. The molecule has 98 valence electrons. The number of hydrogen-bond donors (Lipinski definition) is 0. The van der Waals surface area contributed by atoms with Crippen LogP contribution < -0.4 is 0 Å². The largest absolute Gasteiger partial charge is 0.461 e. The van der Waals surface area contributed by atoms with Crippen molar-refractivity contribution in [1.29, 1.82) is 5.26 Å². The maximum Gasteiger partial charge on any atom is 0.348 e. The molecule has 1 rings (SSSR count). The molecule has 0 heterocycles. The van der Waals surface area contributed by atoms with Crippen LogP contribution in [0.1, 0.15) is 19.4 Å². The molecule has 0 bridgehead atoms. The Morgan fingerprint density at radius 3 is 2.63 bits per heavy atom. The van der Waals surface area contributed by atoms with Crippen molar-refractivity contribution >= 4 is 12.0 Å². The van der Waals surface area contributed by atoms with Crippen LogP contribution in [0.2, 0.25) is 0 Å². The van der Waals surface area contributed by atoms with Crippen LogP contribution in [-0.2, 0) is 9.53 Å². The predicted octanol–water partition coefficient (Wildman–Crippen LogP) is 3.35. The van der Waals surface area contributed by atoms with Gasteiger partial charge in [0.25, 0.3) is 0 Å². The van der Waals surface area contributed by atoms with E-state index in [0.29, 0.717) is 6.61 Å². The zero-order chi connectivity index (χ0) is 14.1. The first-order chi connectivity index (χ1) is 9.13. The van der Waals surface area contributed by atoms with E-state index in [1.54, 1.807) is 6.08 Å². The smallest absolute Gasteiger partial charge is 0.348 e. The van der Waals surface area contributed by atoms with Gasteiger partial charge in [0.05, 0.1) is 6.61 Å². The van der Waals surface area contributed by atoms with Crippen LogP contribution in [0.25, 0.3) is 6.08 Å². The summed E-state index contributed by atoms with van der Waals surface area (Å²) in [7, 11) is 0. The maximum absolute atomic E-state index is 11.6. The molecule has 19 heavy (non-hydrogen) atoms. The number of allylic oxidation sites excluding steroid dienone is 2. The molecule has 0 aromatic heterocycles. The number of carbonyl (C=O) groups is 1. The van der Waals surface area contributed by atoms with Gasteiger partial charge in [-0.1, -0.05) is 56.3 Å². The standard InChI is InChI=1S/C16H17NO2/c1-13(2)12-19-16(18)15(11-17)10-6-9-14-7-4-3-5-8-14/h3-10,13H,12H2,1-2H3/b9-6-,15-10-. The third-order valence-electron chi connectivity index (χ3n) is 2.24. The number of nitriles is 1. The monoisotopic (exact) mass is 255 g/mol. The molecule has 0 aliphatic rings. The number of rotatable bonds is 5. The van der Waals surface area contributed by atoms with Gasteiger partial charge in [0.2, 0.25) is 0 Å². The van der Waals surface area contributed by atoms with Crippen molar-refractivity contribution in [1.82, 2.24) is 0 Å². The molecule has 3 nitrogen and oxygen atoms in total. The summed E-state index contributed by atoms with van der Waals surface area (Å²) in [5, 5.41) is 8.91. The lowest BCUT2D eigenvalue weighted by molar-refractivity contribution is -0.139. The summed E-state index contributed by atoms with van der Waals surface area (Å²) < 4.78 is 5.00. The molecule has 0 unspecified atom stereocenters. The first-order valence-electron chi connectivity index (χ1n) is 6.14. The summed E-state index contributed by atoms with van der Waals surface area (Å²) >= 11 is 0. The van der Waals surface area contributed by atoms with E-state index in [1.165, 1.54) is 6.08 Å². The fourth-order valence-electron chi connectivity index (χ4n) is 1.29. The van der Waals surface area contributed by atoms with Crippen molar-refractivity contribution in [2.45, 2.75) is 13.8 Å². The quantitative estimate of drug-likeness (QED) is 0.351. The average molecular weight is 255 g/mol. The zero-order valence-corrected chi connectivity index (χ0v) is 11.2. The van der Waals surface area contributed by atoms with Crippen LogP contribution in [0.4, 0.5) is 0 Å². The minimum atomic E-state index is -0.575. The molecule has 0 saturated carbocycles. The second-order valence-electron chi connectivity index (χ2n) is 4.45. The Hall–Kier alpha value is -2.34. The van der Waals surface area contributed by atoms with Gasteiger partial charge in [-0.15, -0.1) is 0 Å². The highest BCUT2D eigenvalue weighted by Gasteiger charge is 2.09. The Bertz CT molecular complexity index is 507. The minimum Gasteiger partial charge on any atom is -0.461 e. The highest BCUT2D eigenvalue weighted by Crippen LogP contribution is 2.04. The first kappa shape index (κ1) is 14.7. The van der Waals surface area contributed by atoms with Crippen LogP contribution in [0, 0.1) is 17.2 Å². The van der Waals surface area contributed by atoms with Crippen LogP contribution in [0.5, 0.6) is 0 Å². The van der Waals surface area contributed by atoms with Crippen molar-refractivity contribution in [3.8, 4) is 6.07 Å². The first-order valence-corrected chi connectivity index (χ1v) is 6.14. The van der Waals surface area contributed by atoms with Gasteiger partial charge < -0.3 is 4.74 Å². The van der Waals surface area contributed by atoms with E-state index in [-0.39, 0.29) is 11.5 Å². The molecular weight excluding hydrogens is 238 g/mol. The van der Waals surface area contributed by atoms with Crippen molar-refractivity contribution in [3.63, 3.8) is 0 Å². The molecule has 0 radical (unpaired) electrons. The van der Waals surface area contributed by atoms with E-state index >= 15 is 0 Å². The van der Waals surface area contributed by atoms with Gasteiger partial charge in [-0.3, -0.25) is 0 Å². The van der Waals surface area contributed by atoms with Crippen LogP contribution in [0.3, 0.4) is 0 Å². The molecule has 0 N–H and O–H groups in total. The molecule has 0 fully saturated rings. The van der Waals surface area contributed by atoms with Crippen molar-refractivity contribution in [3.05, 3.63) is 53.6 Å². The molecule has 3 heteroatoms. The molecule has 1 aromatic rings. The summed E-state index contributed by atoms with van der Waals surface area (Å²) in [6, 6.07) is 11.5. The summed E-state index contributed by atoms with van der Waals surface area (Å²) in [6.45, 7) is 4.21. The fraction of sp³-hybridized carbons (Fsp3) is 0.250. The lowest BCUT2D eigenvalue weighted by Crippen LogP contribution is -2.11. The topological polar surface area (TPSA) is 50.1 Å². The Morgan fingerprint density at radius 2 is 2.05 bits per heavy atom. The number of nitrogens with zero attached hydrogens (tertiary/aromatic N) is 1. The van der Waals surface area contributed by atoms with Crippen LogP contribution in [0.15, 0.2) is 48.1 Å². The number of hydrogen-bond acceptors (Lipinski definition) is 3. The maximum atomic E-state index is 11.6. The number of benzene rings is 1. The second kappa shape index (κ2) is 7.88. The summed E-state index contributed by atoms with van der Waals surface area (Å²) in [5.74, 6) is -0.322. The average Bonchev–Trinajstić information content (AvgIpc) is 2.42. The summed E-state index contributed by atoms with van der Waals surface area (Å²) in [4.78, 5) is 11.6. The number of carbonyl (C=O) groups excluding carboxylic acids is 1. The van der Waals surface area contributed by atoms with Crippen molar-refractivity contribution in [2.24, 2.45) is 5.92 Å². The van der Waals surface area contributed by atoms with Gasteiger partial charge in [0, 0.05) is 0 Å². The van der Waals surface area contributed by atoms with Gasteiger partial charge in [-0.05, 0) is 17.6 Å². The Kier molecular flexibility index (Phi) is 6.11. The zero-order valence-electron chi connectivity index (χ0n) is 11.2. The van der Waals surface area contributed by atoms with E-state index in [0.717, 1.165) is 5.56 Å². The highest BCUT2D eigenvalue weighted by atomic mass is 16.5. The van der Waals surface area contributed by atoms with E-state index in [2.05, 4.69) is 0 Å². The van der Waals surface area contributed by atoms with Gasteiger partial charge in [0.1, 0.15) is 11.6 Å². The van der Waals surface area contributed by atoms with Gasteiger partial charge in [0.15, 0.2) is 0 Å². The molecular formula is C16H17NO2. The number of ether oxygens (including phenoxy) is 1. The lowest BCUT2D eigenvalue weighted by atomic mass is 10.2. The highest BCUT2D eigenvalue weighted by molar-refractivity contribution is 5.93. The molecule has 0 aliphatic heterocycles. The van der Waals surface area contributed by atoms with Gasteiger partial charge in [-0.25, -0.2) is 4.79 Å². The van der Waals surface area contributed by atoms with Gasteiger partial charge in [-0.2, -0.15) is 5.26 Å². The van der Waals surface area contributed by atoms with Crippen molar-refractivity contribution in [2.75, 3.05) is 6.61 Å². The SMILES string of the molecule is CC(C)COC(=O)/C(C#N)=C\C=C/c1ccccc1. The minimum absolute atomic E-state index is 0.00725. The molecule has 1 aromatic carbocycles. The Labute approximate surface area is 113 Å². The van der Waals surface area contributed by atoms with Crippen molar-refractivity contribution < 1.29 is 9.53 Å². The predicted molar refractivity (Wildman–Crippen MR) is 75.0 cm³/mol. The van der Waals surface area contributed by atoms with E-state index in [9.17, 15) is 4.79 Å². The Balaban J connectivity index is 2.65. The second-order valence-corrected chi connectivity index (χ2v) is 4.45. The number of esters is 1. The van der Waals surface area contributed by atoms with Crippen LogP contribution in [-0.4, -0.2) is 12.6 Å². The molecule has 0 amide bonds. The van der Waals surface area contributed by atoms with E-state index in [1.807, 2.05) is 56.3 Å². The normalized spacial score (nSPS) is 11.6. The Morgan fingerprint density at radius 1 is 1.37 bits per heavy atom. The van der Waals surface area contributed by atoms with Gasteiger partial charge >= 0.3 is 5.97 Å². The third kappa shape index (κ3) is 5.69. The van der Waals surface area contributed by atoms with E-state index in [4.69, 9.17) is 10.00 Å². The van der Waals surface area contributed by atoms with Crippen LogP contribution >= 0.6 is 0 Å². The lowest BCUT2D eigenvalue weighted by Gasteiger charge is -2.05. The molecule has 0 saturated heterocycles. The fourth-order valence-corrected chi connectivity index (χ4v) is 1.29. The molecule has 0 spiro atoms. The summed E-state index contributed by atoms with van der Waals surface area (Å²) in [6.07, 6.45) is 4.97.